The number of guanidine groups is 1. The average molecular weight is 367 g/mol. The lowest BCUT2D eigenvalue weighted by Crippen LogP contribution is -2.50. The van der Waals surface area contributed by atoms with Crippen molar-refractivity contribution in [2.75, 3.05) is 33.2 Å². The van der Waals surface area contributed by atoms with Crippen LogP contribution in [-0.2, 0) is 0 Å². The molecule has 0 amide bonds. The molecule has 0 saturated carbocycles. The van der Waals surface area contributed by atoms with Crippen LogP contribution in [0.5, 0.6) is 5.75 Å². The van der Waals surface area contributed by atoms with Crippen molar-refractivity contribution in [3.8, 4) is 5.75 Å². The van der Waals surface area contributed by atoms with Gasteiger partial charge in [0.15, 0.2) is 5.96 Å². The van der Waals surface area contributed by atoms with Gasteiger partial charge in [-0.1, -0.05) is 30.7 Å². The van der Waals surface area contributed by atoms with Gasteiger partial charge in [0, 0.05) is 26.2 Å². The van der Waals surface area contributed by atoms with Crippen molar-refractivity contribution in [3.05, 3.63) is 29.3 Å². The fraction of sp³-hybridized carbons (Fsp3) is 0.632. The number of benzene rings is 1. The summed E-state index contributed by atoms with van der Waals surface area (Å²) >= 11 is 6.14. The van der Waals surface area contributed by atoms with Crippen molar-refractivity contribution >= 4 is 17.6 Å². The molecule has 140 valence electrons. The number of para-hydroxylation sites is 1. The number of hydrogen-bond acceptors (Lipinski definition) is 3. The van der Waals surface area contributed by atoms with Crippen molar-refractivity contribution in [2.45, 2.75) is 45.3 Å². The number of rotatable bonds is 7. The summed E-state index contributed by atoms with van der Waals surface area (Å²) in [6, 6.07) is 8.03. The van der Waals surface area contributed by atoms with Crippen molar-refractivity contribution < 1.29 is 4.74 Å². The van der Waals surface area contributed by atoms with Crippen LogP contribution in [0.25, 0.3) is 0 Å². The number of ether oxygens (including phenoxy) is 1. The molecule has 1 aromatic carbocycles. The average Bonchev–Trinajstić information content (AvgIpc) is 2.62. The van der Waals surface area contributed by atoms with Gasteiger partial charge in [0.1, 0.15) is 11.9 Å². The number of hydrogen-bond donors (Lipinski definition) is 2. The van der Waals surface area contributed by atoms with Crippen LogP contribution >= 0.6 is 11.6 Å². The zero-order valence-electron chi connectivity index (χ0n) is 15.6. The van der Waals surface area contributed by atoms with Crippen LogP contribution in [0.1, 0.15) is 33.1 Å². The summed E-state index contributed by atoms with van der Waals surface area (Å²) < 4.78 is 5.89. The molecule has 1 atom stereocenters. The lowest BCUT2D eigenvalue weighted by Gasteiger charge is -2.33. The van der Waals surface area contributed by atoms with Crippen LogP contribution < -0.4 is 15.4 Å². The molecule has 2 N–H and O–H groups in total. The van der Waals surface area contributed by atoms with Gasteiger partial charge in [0.05, 0.1) is 11.6 Å². The molecule has 1 saturated heterocycles. The Labute approximate surface area is 156 Å². The minimum Gasteiger partial charge on any atom is -0.487 e. The van der Waals surface area contributed by atoms with E-state index in [0.717, 1.165) is 31.9 Å². The van der Waals surface area contributed by atoms with Crippen LogP contribution in [0.15, 0.2) is 29.3 Å². The highest BCUT2D eigenvalue weighted by Crippen LogP contribution is 2.24. The Bertz CT molecular complexity index is 544. The highest BCUT2D eigenvalue weighted by molar-refractivity contribution is 6.32. The second kappa shape index (κ2) is 10.5. The fourth-order valence-corrected chi connectivity index (χ4v) is 3.22. The van der Waals surface area contributed by atoms with Crippen LogP contribution in [0.4, 0.5) is 0 Å². The Morgan fingerprint density at radius 2 is 2.08 bits per heavy atom. The first kappa shape index (κ1) is 19.9. The predicted octanol–water partition coefficient (Wildman–Crippen LogP) is 3.15. The number of halogens is 1. The van der Waals surface area contributed by atoms with Crippen molar-refractivity contribution in [1.29, 1.82) is 0 Å². The molecule has 1 aromatic rings. The molecule has 1 unspecified atom stereocenters. The third kappa shape index (κ3) is 6.75. The molecular formula is C19H31ClN4O. The molecule has 1 aliphatic rings. The summed E-state index contributed by atoms with van der Waals surface area (Å²) in [6.07, 6.45) is 3.54. The van der Waals surface area contributed by atoms with E-state index in [4.69, 9.17) is 16.3 Å². The zero-order chi connectivity index (χ0) is 18.1. The summed E-state index contributed by atoms with van der Waals surface area (Å²) in [4.78, 5) is 6.87. The van der Waals surface area contributed by atoms with E-state index in [9.17, 15) is 0 Å². The lowest BCUT2D eigenvalue weighted by molar-refractivity contribution is 0.205. The van der Waals surface area contributed by atoms with Crippen LogP contribution in [0.3, 0.4) is 0 Å². The molecule has 0 aliphatic carbocycles. The van der Waals surface area contributed by atoms with E-state index >= 15 is 0 Å². The van der Waals surface area contributed by atoms with E-state index in [1.807, 2.05) is 31.2 Å². The van der Waals surface area contributed by atoms with Gasteiger partial charge in [-0.25, -0.2) is 0 Å². The molecule has 0 radical (unpaired) electrons. The first-order valence-electron chi connectivity index (χ1n) is 9.23. The van der Waals surface area contributed by atoms with Gasteiger partial charge in [0.2, 0.25) is 0 Å². The topological polar surface area (TPSA) is 48.9 Å². The van der Waals surface area contributed by atoms with Crippen LogP contribution in [0.2, 0.25) is 5.02 Å². The van der Waals surface area contributed by atoms with E-state index in [1.54, 1.807) is 7.05 Å². The normalized spacial score (nSPS) is 18.0. The summed E-state index contributed by atoms with van der Waals surface area (Å²) in [5, 5.41) is 7.51. The Kier molecular flexibility index (Phi) is 8.35. The first-order valence-corrected chi connectivity index (χ1v) is 9.61. The number of nitrogens with zero attached hydrogens (tertiary/aromatic N) is 2. The van der Waals surface area contributed by atoms with E-state index in [1.165, 1.54) is 13.0 Å². The summed E-state index contributed by atoms with van der Waals surface area (Å²) in [5.41, 5.74) is 0. The summed E-state index contributed by atoms with van der Waals surface area (Å²) in [6.45, 7) is 8.45. The third-order valence-corrected chi connectivity index (χ3v) is 4.73. The number of nitrogens with one attached hydrogen (secondary N) is 2. The monoisotopic (exact) mass is 366 g/mol. The minimum atomic E-state index is -0.00940. The minimum absolute atomic E-state index is 0.00940. The van der Waals surface area contributed by atoms with Gasteiger partial charge >= 0.3 is 0 Å². The van der Waals surface area contributed by atoms with Gasteiger partial charge in [-0.15, -0.1) is 0 Å². The molecule has 0 aromatic heterocycles. The van der Waals surface area contributed by atoms with E-state index < -0.39 is 0 Å². The first-order chi connectivity index (χ1) is 12.1. The Morgan fingerprint density at radius 3 is 2.72 bits per heavy atom. The molecule has 25 heavy (non-hydrogen) atoms. The van der Waals surface area contributed by atoms with Gasteiger partial charge in [0.25, 0.3) is 0 Å². The summed E-state index contributed by atoms with van der Waals surface area (Å²) in [5.74, 6) is 1.55. The lowest BCUT2D eigenvalue weighted by atomic mass is 10.1. The van der Waals surface area contributed by atoms with Crippen molar-refractivity contribution in [1.82, 2.24) is 15.5 Å². The fourth-order valence-electron chi connectivity index (χ4n) is 3.04. The Balaban J connectivity index is 1.72. The molecule has 1 aliphatic heterocycles. The second-order valence-corrected chi connectivity index (χ2v) is 6.98. The smallest absolute Gasteiger partial charge is 0.191 e. The number of piperidine rings is 1. The maximum atomic E-state index is 6.14. The van der Waals surface area contributed by atoms with E-state index in [0.29, 0.717) is 23.4 Å². The van der Waals surface area contributed by atoms with Crippen LogP contribution in [-0.4, -0.2) is 56.2 Å². The van der Waals surface area contributed by atoms with Gasteiger partial charge in [-0.2, -0.15) is 0 Å². The summed E-state index contributed by atoms with van der Waals surface area (Å²) in [7, 11) is 1.81. The van der Waals surface area contributed by atoms with Gasteiger partial charge in [-0.05, 0) is 44.9 Å². The van der Waals surface area contributed by atoms with Gasteiger partial charge in [-0.3, -0.25) is 4.99 Å². The standard InChI is InChI=1S/C19H31ClN4O/c1-4-11-24-12-9-16(10-13-24)23-19(21-3)22-14-15(2)25-18-8-6-5-7-17(18)20/h5-8,15-16H,4,9-14H2,1-3H3,(H2,21,22,23). The molecule has 1 fully saturated rings. The van der Waals surface area contributed by atoms with E-state index in [2.05, 4.69) is 27.4 Å². The quantitative estimate of drug-likeness (QED) is 0.575. The molecule has 2 rings (SSSR count). The SMILES string of the molecule is CCCN1CCC(NC(=NC)NCC(C)Oc2ccccc2Cl)CC1. The molecule has 1 heterocycles. The second-order valence-electron chi connectivity index (χ2n) is 6.57. The van der Waals surface area contributed by atoms with Crippen LogP contribution in [0, 0.1) is 0 Å². The molecule has 0 spiro atoms. The van der Waals surface area contributed by atoms with Crippen molar-refractivity contribution in [2.24, 2.45) is 4.99 Å². The Hall–Kier alpha value is -1.46. The number of aliphatic imine (C=N–C) groups is 1. The molecule has 5 nitrogen and oxygen atoms in total. The zero-order valence-corrected chi connectivity index (χ0v) is 16.4. The maximum Gasteiger partial charge on any atom is 0.191 e. The Morgan fingerprint density at radius 1 is 1.36 bits per heavy atom. The molecule has 0 bridgehead atoms. The molecular weight excluding hydrogens is 336 g/mol. The highest BCUT2D eigenvalue weighted by atomic mass is 35.5. The van der Waals surface area contributed by atoms with Crippen molar-refractivity contribution in [3.63, 3.8) is 0 Å². The largest absolute Gasteiger partial charge is 0.487 e. The van der Waals surface area contributed by atoms with E-state index in [-0.39, 0.29) is 6.10 Å². The third-order valence-electron chi connectivity index (χ3n) is 4.41. The maximum absolute atomic E-state index is 6.14. The van der Waals surface area contributed by atoms with Gasteiger partial charge < -0.3 is 20.3 Å². The predicted molar refractivity (Wildman–Crippen MR) is 106 cm³/mol. The molecule has 6 heteroatoms. The highest BCUT2D eigenvalue weighted by Gasteiger charge is 2.19. The number of likely N-dealkylation sites (tertiary alicyclic amines) is 1.